The maximum Gasteiger partial charge on any atom is 0.307 e. The van der Waals surface area contributed by atoms with Crippen LogP contribution >= 0.6 is 0 Å². The molecule has 1 fully saturated rings. The number of aliphatic carboxylic acids is 1. The molecule has 19 heavy (non-hydrogen) atoms. The minimum Gasteiger partial charge on any atom is -0.481 e. The number of methoxy groups -OCH3 is 1. The largest absolute Gasteiger partial charge is 0.481 e. The summed E-state index contributed by atoms with van der Waals surface area (Å²) >= 11 is 0. The summed E-state index contributed by atoms with van der Waals surface area (Å²) in [5.41, 5.74) is 0. The van der Waals surface area contributed by atoms with Crippen LogP contribution in [0.15, 0.2) is 12.2 Å². The molecule has 2 aliphatic carbocycles. The van der Waals surface area contributed by atoms with Gasteiger partial charge in [0.25, 0.3) is 0 Å². The van der Waals surface area contributed by atoms with E-state index in [-0.39, 0.29) is 18.1 Å². The highest BCUT2D eigenvalue weighted by Crippen LogP contribution is 2.27. The van der Waals surface area contributed by atoms with Gasteiger partial charge in [-0.2, -0.15) is 0 Å². The van der Waals surface area contributed by atoms with Crippen LogP contribution in [0.25, 0.3) is 0 Å². The van der Waals surface area contributed by atoms with Crippen LogP contribution in [0.1, 0.15) is 32.1 Å². The van der Waals surface area contributed by atoms with Gasteiger partial charge in [-0.25, -0.2) is 0 Å². The van der Waals surface area contributed by atoms with Gasteiger partial charge in [-0.05, 0) is 32.1 Å². The lowest BCUT2D eigenvalue weighted by atomic mass is 9.82. The third kappa shape index (κ3) is 3.35. The number of ether oxygens (including phenoxy) is 1. The van der Waals surface area contributed by atoms with E-state index >= 15 is 0 Å². The second kappa shape index (κ2) is 6.19. The van der Waals surface area contributed by atoms with Crippen LogP contribution in [0.2, 0.25) is 0 Å². The fraction of sp³-hybridized carbons (Fsp3) is 0.714. The molecule has 2 aliphatic rings. The molecule has 2 rings (SSSR count). The van der Waals surface area contributed by atoms with Crippen molar-refractivity contribution in [3.05, 3.63) is 12.2 Å². The highest BCUT2D eigenvalue weighted by atomic mass is 16.5. The maximum absolute atomic E-state index is 12.2. The van der Waals surface area contributed by atoms with Crippen LogP contribution in [0.3, 0.4) is 0 Å². The van der Waals surface area contributed by atoms with Crippen LogP contribution in [0, 0.1) is 11.8 Å². The summed E-state index contributed by atoms with van der Waals surface area (Å²) in [5.74, 6) is -2.04. The standard InChI is InChI=1S/C14H21NO4/c1-19-10-7-6-9(8-10)15-13(16)11-4-2-3-5-12(11)14(17)18/h2-3,9-12H,4-8H2,1H3,(H,15,16)(H,17,18). The molecule has 5 nitrogen and oxygen atoms in total. The van der Waals surface area contributed by atoms with Crippen molar-refractivity contribution in [2.24, 2.45) is 11.8 Å². The number of amides is 1. The Labute approximate surface area is 113 Å². The van der Waals surface area contributed by atoms with Gasteiger partial charge in [-0.3, -0.25) is 9.59 Å². The van der Waals surface area contributed by atoms with E-state index in [1.807, 2.05) is 12.2 Å². The molecule has 0 saturated heterocycles. The normalized spacial score (nSPS) is 34.2. The Morgan fingerprint density at radius 1 is 1.21 bits per heavy atom. The van der Waals surface area contributed by atoms with Crippen molar-refractivity contribution < 1.29 is 19.4 Å². The highest BCUT2D eigenvalue weighted by Gasteiger charge is 2.35. The van der Waals surface area contributed by atoms with Gasteiger partial charge in [0.1, 0.15) is 0 Å². The van der Waals surface area contributed by atoms with Gasteiger partial charge >= 0.3 is 5.97 Å². The molecule has 4 atom stereocenters. The van der Waals surface area contributed by atoms with Crippen LogP contribution < -0.4 is 5.32 Å². The average molecular weight is 267 g/mol. The number of carbonyl (C=O) groups is 2. The number of rotatable bonds is 4. The Morgan fingerprint density at radius 3 is 2.47 bits per heavy atom. The van der Waals surface area contributed by atoms with E-state index in [0.717, 1.165) is 19.3 Å². The summed E-state index contributed by atoms with van der Waals surface area (Å²) in [7, 11) is 1.68. The van der Waals surface area contributed by atoms with Crippen LogP contribution in [-0.2, 0) is 14.3 Å². The Hall–Kier alpha value is -1.36. The van der Waals surface area contributed by atoms with Crippen molar-refractivity contribution in [2.45, 2.75) is 44.2 Å². The second-order valence-electron chi connectivity index (χ2n) is 5.37. The zero-order chi connectivity index (χ0) is 13.8. The van der Waals surface area contributed by atoms with Crippen LogP contribution in [0.4, 0.5) is 0 Å². The predicted molar refractivity (Wildman–Crippen MR) is 69.6 cm³/mol. The molecular weight excluding hydrogens is 246 g/mol. The van der Waals surface area contributed by atoms with E-state index in [4.69, 9.17) is 9.84 Å². The molecule has 0 aromatic rings. The number of hydrogen-bond donors (Lipinski definition) is 2. The van der Waals surface area contributed by atoms with Crippen molar-refractivity contribution in [3.8, 4) is 0 Å². The third-order valence-electron chi connectivity index (χ3n) is 4.15. The van der Waals surface area contributed by atoms with Crippen LogP contribution in [0.5, 0.6) is 0 Å². The average Bonchev–Trinajstić information content (AvgIpc) is 2.86. The molecule has 4 unspecified atom stereocenters. The van der Waals surface area contributed by atoms with Crippen molar-refractivity contribution in [1.29, 1.82) is 0 Å². The first-order valence-corrected chi connectivity index (χ1v) is 6.82. The zero-order valence-electron chi connectivity index (χ0n) is 11.2. The first-order chi connectivity index (χ1) is 9.11. The molecule has 2 N–H and O–H groups in total. The Bertz CT molecular complexity index is 380. The monoisotopic (exact) mass is 267 g/mol. The van der Waals surface area contributed by atoms with E-state index in [1.165, 1.54) is 0 Å². The minimum atomic E-state index is -0.884. The zero-order valence-corrected chi connectivity index (χ0v) is 11.2. The molecule has 1 amide bonds. The lowest BCUT2D eigenvalue weighted by Crippen LogP contribution is -2.42. The maximum atomic E-state index is 12.2. The summed E-state index contributed by atoms with van der Waals surface area (Å²) in [5, 5.41) is 12.1. The topological polar surface area (TPSA) is 75.6 Å². The van der Waals surface area contributed by atoms with Gasteiger partial charge in [-0.1, -0.05) is 12.2 Å². The molecule has 0 bridgehead atoms. The van der Waals surface area contributed by atoms with Gasteiger partial charge in [0.15, 0.2) is 0 Å². The first-order valence-electron chi connectivity index (χ1n) is 6.82. The van der Waals surface area contributed by atoms with Gasteiger partial charge in [0.05, 0.1) is 17.9 Å². The highest BCUT2D eigenvalue weighted by molar-refractivity contribution is 5.85. The number of allylic oxidation sites excluding steroid dienone is 2. The minimum absolute atomic E-state index is 0.123. The first kappa shape index (κ1) is 14.1. The van der Waals surface area contributed by atoms with Gasteiger partial charge in [-0.15, -0.1) is 0 Å². The number of nitrogens with one attached hydrogen (secondary N) is 1. The fourth-order valence-electron chi connectivity index (χ4n) is 2.97. The molecule has 0 spiro atoms. The van der Waals surface area contributed by atoms with Crippen molar-refractivity contribution >= 4 is 11.9 Å². The van der Waals surface area contributed by atoms with Gasteiger partial charge in [0, 0.05) is 13.2 Å². The Morgan fingerprint density at radius 2 is 1.89 bits per heavy atom. The molecule has 106 valence electrons. The fourth-order valence-corrected chi connectivity index (χ4v) is 2.97. The Kier molecular flexibility index (Phi) is 4.58. The molecule has 5 heteroatoms. The summed E-state index contributed by atoms with van der Waals surface area (Å²) in [6.07, 6.45) is 7.60. The van der Waals surface area contributed by atoms with E-state index in [0.29, 0.717) is 12.8 Å². The predicted octanol–water partition coefficient (Wildman–Crippen LogP) is 1.34. The molecule has 0 aromatic carbocycles. The summed E-state index contributed by atoms with van der Waals surface area (Å²) < 4.78 is 5.27. The van der Waals surface area contributed by atoms with Crippen molar-refractivity contribution in [3.63, 3.8) is 0 Å². The molecule has 0 aliphatic heterocycles. The summed E-state index contributed by atoms with van der Waals surface area (Å²) in [4.78, 5) is 23.4. The molecule has 1 saturated carbocycles. The molecule has 0 radical (unpaired) electrons. The van der Waals surface area contributed by atoms with Crippen molar-refractivity contribution in [1.82, 2.24) is 5.32 Å². The number of carbonyl (C=O) groups excluding carboxylic acids is 1. The van der Waals surface area contributed by atoms with Gasteiger partial charge in [0.2, 0.25) is 5.91 Å². The van der Waals surface area contributed by atoms with E-state index < -0.39 is 17.8 Å². The molecule has 0 heterocycles. The third-order valence-corrected chi connectivity index (χ3v) is 4.15. The summed E-state index contributed by atoms with van der Waals surface area (Å²) in [6, 6.07) is 0.123. The van der Waals surface area contributed by atoms with E-state index in [9.17, 15) is 9.59 Å². The second-order valence-corrected chi connectivity index (χ2v) is 5.37. The van der Waals surface area contributed by atoms with Crippen molar-refractivity contribution in [2.75, 3.05) is 7.11 Å². The molecular formula is C14H21NO4. The van der Waals surface area contributed by atoms with Gasteiger partial charge < -0.3 is 15.2 Å². The van der Waals surface area contributed by atoms with E-state index in [1.54, 1.807) is 7.11 Å². The smallest absolute Gasteiger partial charge is 0.307 e. The summed E-state index contributed by atoms with van der Waals surface area (Å²) in [6.45, 7) is 0. The van der Waals surface area contributed by atoms with E-state index in [2.05, 4.69) is 5.32 Å². The lowest BCUT2D eigenvalue weighted by Gasteiger charge is -2.25. The number of carboxylic acids is 1. The molecule has 0 aromatic heterocycles. The quantitative estimate of drug-likeness (QED) is 0.754. The number of hydrogen-bond acceptors (Lipinski definition) is 3. The number of carboxylic acid groups (broad SMARTS) is 1. The Balaban J connectivity index is 1.92. The van der Waals surface area contributed by atoms with Crippen LogP contribution in [-0.4, -0.2) is 36.2 Å². The lowest BCUT2D eigenvalue weighted by molar-refractivity contribution is -0.147. The SMILES string of the molecule is COC1CCC(NC(=O)C2CC=CCC2C(=O)O)C1.